The second-order valence-corrected chi connectivity index (χ2v) is 4.54. The Hall–Kier alpha value is -1.83. The van der Waals surface area contributed by atoms with Crippen molar-refractivity contribution in [2.24, 2.45) is 5.41 Å². The molecule has 2 heteroatoms. The van der Waals surface area contributed by atoms with Crippen LogP contribution in [0.2, 0.25) is 0 Å². The third kappa shape index (κ3) is 1.91. The Morgan fingerprint density at radius 2 is 2.18 bits per heavy atom. The predicted molar refractivity (Wildman–Crippen MR) is 68.4 cm³/mol. The summed E-state index contributed by atoms with van der Waals surface area (Å²) in [6.45, 7) is 5.98. The van der Waals surface area contributed by atoms with E-state index in [1.54, 1.807) is 6.08 Å². The summed E-state index contributed by atoms with van der Waals surface area (Å²) < 4.78 is 4.72. The standard InChI is InChI=1S/C15H16O2/c1-4-15(2)10-11-7-5-6-8-12(11)13(15)9-14(16)17-3/h4-9H,1,10H2,2-3H3/b13-9+/t15-/m0/s1. The van der Waals surface area contributed by atoms with E-state index >= 15 is 0 Å². The molecule has 88 valence electrons. The molecule has 0 N–H and O–H groups in total. The molecule has 1 aliphatic carbocycles. The summed E-state index contributed by atoms with van der Waals surface area (Å²) in [5.41, 5.74) is 3.19. The molecule has 0 amide bonds. The largest absolute Gasteiger partial charge is 0.466 e. The molecule has 0 fully saturated rings. The zero-order chi connectivity index (χ0) is 12.5. The highest BCUT2D eigenvalue weighted by Gasteiger charge is 2.35. The number of benzene rings is 1. The Balaban J connectivity index is 2.56. The van der Waals surface area contributed by atoms with Crippen molar-refractivity contribution in [3.05, 3.63) is 54.1 Å². The molecule has 0 aromatic heterocycles. The average molecular weight is 228 g/mol. The molecular formula is C15H16O2. The van der Waals surface area contributed by atoms with E-state index < -0.39 is 0 Å². The fourth-order valence-corrected chi connectivity index (χ4v) is 2.34. The highest BCUT2D eigenvalue weighted by molar-refractivity contribution is 5.95. The Morgan fingerprint density at radius 1 is 1.47 bits per heavy atom. The third-order valence-electron chi connectivity index (χ3n) is 3.39. The summed E-state index contributed by atoms with van der Waals surface area (Å²) in [5.74, 6) is -0.315. The lowest BCUT2D eigenvalue weighted by Crippen LogP contribution is -2.13. The third-order valence-corrected chi connectivity index (χ3v) is 3.39. The minimum Gasteiger partial charge on any atom is -0.466 e. The van der Waals surface area contributed by atoms with Crippen molar-refractivity contribution in [3.8, 4) is 0 Å². The van der Waals surface area contributed by atoms with E-state index in [1.807, 2.05) is 24.3 Å². The number of hydrogen-bond donors (Lipinski definition) is 0. The number of esters is 1. The molecule has 2 rings (SSSR count). The van der Waals surface area contributed by atoms with Gasteiger partial charge in [-0.2, -0.15) is 0 Å². The van der Waals surface area contributed by atoms with Gasteiger partial charge in [-0.3, -0.25) is 0 Å². The quantitative estimate of drug-likeness (QED) is 0.442. The van der Waals surface area contributed by atoms with Gasteiger partial charge in [0, 0.05) is 11.5 Å². The number of rotatable bonds is 2. The molecule has 0 aliphatic heterocycles. The van der Waals surface area contributed by atoms with Crippen LogP contribution in [-0.4, -0.2) is 13.1 Å². The fourth-order valence-electron chi connectivity index (χ4n) is 2.34. The van der Waals surface area contributed by atoms with E-state index in [4.69, 9.17) is 4.74 Å². The molecule has 17 heavy (non-hydrogen) atoms. The van der Waals surface area contributed by atoms with Gasteiger partial charge < -0.3 is 4.74 Å². The summed E-state index contributed by atoms with van der Waals surface area (Å²) in [6.07, 6.45) is 4.37. The van der Waals surface area contributed by atoms with Gasteiger partial charge in [-0.25, -0.2) is 4.79 Å². The zero-order valence-electron chi connectivity index (χ0n) is 10.2. The highest BCUT2D eigenvalue weighted by atomic mass is 16.5. The smallest absolute Gasteiger partial charge is 0.330 e. The fraction of sp³-hybridized carbons (Fsp3) is 0.267. The lowest BCUT2D eigenvalue weighted by molar-refractivity contribution is -0.134. The van der Waals surface area contributed by atoms with Crippen LogP contribution in [0.4, 0.5) is 0 Å². The van der Waals surface area contributed by atoms with Crippen LogP contribution in [0.1, 0.15) is 18.1 Å². The number of fused-ring (bicyclic) bond motifs is 1. The molecule has 0 heterocycles. The number of ether oxygens (including phenoxy) is 1. The van der Waals surface area contributed by atoms with Crippen molar-refractivity contribution in [2.45, 2.75) is 13.3 Å². The van der Waals surface area contributed by atoms with Crippen LogP contribution in [0.15, 0.2) is 43.0 Å². The Morgan fingerprint density at radius 3 is 2.82 bits per heavy atom. The summed E-state index contributed by atoms with van der Waals surface area (Å²) in [5, 5.41) is 0. The van der Waals surface area contributed by atoms with Crippen molar-refractivity contribution < 1.29 is 9.53 Å². The zero-order valence-corrected chi connectivity index (χ0v) is 10.2. The van der Waals surface area contributed by atoms with E-state index in [-0.39, 0.29) is 11.4 Å². The van der Waals surface area contributed by atoms with Crippen LogP contribution in [0.25, 0.3) is 5.57 Å². The summed E-state index contributed by atoms with van der Waals surface area (Å²) in [7, 11) is 1.39. The molecule has 0 unspecified atom stereocenters. The number of carbonyl (C=O) groups is 1. The van der Waals surface area contributed by atoms with E-state index in [0.717, 1.165) is 17.6 Å². The molecular weight excluding hydrogens is 212 g/mol. The molecule has 0 saturated carbocycles. The van der Waals surface area contributed by atoms with Crippen LogP contribution in [-0.2, 0) is 16.0 Å². The summed E-state index contributed by atoms with van der Waals surface area (Å²) in [4.78, 5) is 11.4. The van der Waals surface area contributed by atoms with Gasteiger partial charge in [0.05, 0.1) is 7.11 Å². The summed E-state index contributed by atoms with van der Waals surface area (Å²) in [6, 6.07) is 8.14. The van der Waals surface area contributed by atoms with Crippen LogP contribution in [0, 0.1) is 5.41 Å². The van der Waals surface area contributed by atoms with Gasteiger partial charge >= 0.3 is 5.97 Å². The molecule has 1 aromatic carbocycles. The molecule has 1 aromatic rings. The monoisotopic (exact) mass is 228 g/mol. The van der Waals surface area contributed by atoms with Crippen molar-refractivity contribution in [3.63, 3.8) is 0 Å². The second kappa shape index (κ2) is 4.21. The number of hydrogen-bond acceptors (Lipinski definition) is 2. The van der Waals surface area contributed by atoms with Crippen LogP contribution in [0.3, 0.4) is 0 Å². The average Bonchev–Trinajstić information content (AvgIpc) is 2.63. The van der Waals surface area contributed by atoms with E-state index in [9.17, 15) is 4.79 Å². The first-order valence-electron chi connectivity index (χ1n) is 5.63. The van der Waals surface area contributed by atoms with Gasteiger partial charge in [0.25, 0.3) is 0 Å². The molecule has 0 saturated heterocycles. The van der Waals surface area contributed by atoms with E-state index in [0.29, 0.717) is 0 Å². The van der Waals surface area contributed by atoms with Gasteiger partial charge in [-0.05, 0) is 23.1 Å². The first kappa shape index (κ1) is 11.6. The lowest BCUT2D eigenvalue weighted by Gasteiger charge is -2.21. The number of allylic oxidation sites excluding steroid dienone is 2. The van der Waals surface area contributed by atoms with Gasteiger partial charge in [0.2, 0.25) is 0 Å². The maximum absolute atomic E-state index is 11.4. The normalized spacial score (nSPS) is 24.5. The van der Waals surface area contributed by atoms with E-state index in [2.05, 4.69) is 19.6 Å². The first-order valence-corrected chi connectivity index (χ1v) is 5.63. The van der Waals surface area contributed by atoms with Gasteiger partial charge in [0.15, 0.2) is 0 Å². The minimum absolute atomic E-state index is 0.183. The van der Waals surface area contributed by atoms with Crippen molar-refractivity contribution >= 4 is 11.5 Å². The van der Waals surface area contributed by atoms with Crippen LogP contribution >= 0.6 is 0 Å². The Kier molecular flexibility index (Phi) is 2.88. The molecule has 0 spiro atoms. The van der Waals surface area contributed by atoms with Crippen molar-refractivity contribution in [1.82, 2.24) is 0 Å². The maximum atomic E-state index is 11.4. The summed E-state index contributed by atoms with van der Waals surface area (Å²) >= 11 is 0. The topological polar surface area (TPSA) is 26.3 Å². The molecule has 2 nitrogen and oxygen atoms in total. The van der Waals surface area contributed by atoms with Gasteiger partial charge in [-0.15, -0.1) is 6.58 Å². The van der Waals surface area contributed by atoms with Crippen LogP contribution in [0.5, 0.6) is 0 Å². The first-order chi connectivity index (χ1) is 8.10. The Labute approximate surface area is 102 Å². The second-order valence-electron chi connectivity index (χ2n) is 4.54. The number of methoxy groups -OCH3 is 1. The minimum atomic E-state index is -0.315. The van der Waals surface area contributed by atoms with Gasteiger partial charge in [-0.1, -0.05) is 37.3 Å². The van der Waals surface area contributed by atoms with E-state index in [1.165, 1.54) is 12.7 Å². The molecule has 0 radical (unpaired) electrons. The molecule has 0 bridgehead atoms. The van der Waals surface area contributed by atoms with Crippen molar-refractivity contribution in [2.75, 3.05) is 7.11 Å². The lowest BCUT2D eigenvalue weighted by atomic mass is 9.83. The van der Waals surface area contributed by atoms with Gasteiger partial charge in [0.1, 0.15) is 0 Å². The SMILES string of the molecule is C=C[C@@]1(C)Cc2ccccc2/C1=C\C(=O)OC. The van der Waals surface area contributed by atoms with Crippen molar-refractivity contribution in [1.29, 1.82) is 0 Å². The highest BCUT2D eigenvalue weighted by Crippen LogP contribution is 2.46. The van der Waals surface area contributed by atoms with Crippen LogP contribution < -0.4 is 0 Å². The molecule has 1 aliphatic rings. The molecule has 1 atom stereocenters. The predicted octanol–water partition coefficient (Wildman–Crippen LogP) is 2.99. The number of carbonyl (C=O) groups excluding carboxylic acids is 1. The maximum Gasteiger partial charge on any atom is 0.330 e. The Bertz CT molecular complexity index is 499.